The summed E-state index contributed by atoms with van der Waals surface area (Å²) in [5.41, 5.74) is 1.12. The van der Waals surface area contributed by atoms with Crippen molar-refractivity contribution >= 4 is 5.91 Å². The molecule has 0 bridgehead atoms. The molecule has 130 valence electrons. The third kappa shape index (κ3) is 3.20. The fourth-order valence-corrected chi connectivity index (χ4v) is 4.15. The second kappa shape index (κ2) is 6.45. The number of aromatic nitrogens is 1. The van der Waals surface area contributed by atoms with Crippen molar-refractivity contribution in [2.24, 2.45) is 5.92 Å². The van der Waals surface area contributed by atoms with E-state index in [4.69, 9.17) is 4.74 Å². The van der Waals surface area contributed by atoms with E-state index in [9.17, 15) is 4.79 Å². The fraction of sp³-hybridized carbons (Fsp3) is 0.684. The summed E-state index contributed by atoms with van der Waals surface area (Å²) >= 11 is 0. The van der Waals surface area contributed by atoms with Crippen LogP contribution < -0.4 is 0 Å². The molecule has 1 atom stereocenters. The summed E-state index contributed by atoms with van der Waals surface area (Å²) in [6.45, 7) is 6.37. The zero-order valence-electron chi connectivity index (χ0n) is 14.5. The van der Waals surface area contributed by atoms with Crippen molar-refractivity contribution in [3.8, 4) is 0 Å². The first-order valence-electron chi connectivity index (χ1n) is 9.21. The molecule has 5 heteroatoms. The first-order valence-corrected chi connectivity index (χ1v) is 9.21. The Bertz CT molecular complexity index is 580. The lowest BCUT2D eigenvalue weighted by molar-refractivity contribution is -0.187. The summed E-state index contributed by atoms with van der Waals surface area (Å²) in [5.74, 6) is 0.912. The van der Waals surface area contributed by atoms with Crippen LogP contribution in [0, 0.1) is 5.92 Å². The van der Waals surface area contributed by atoms with Gasteiger partial charge in [0.25, 0.3) is 0 Å². The van der Waals surface area contributed by atoms with Gasteiger partial charge in [0.2, 0.25) is 5.91 Å². The Morgan fingerprint density at radius 3 is 2.79 bits per heavy atom. The SMILES string of the molecule is C[C@@H]1N(CC2CC2)C(=O)COC12CCN(Cc1cccnc1)CC2. The van der Waals surface area contributed by atoms with E-state index in [1.807, 2.05) is 18.5 Å². The number of carbonyl (C=O) groups excluding carboxylic acids is 1. The van der Waals surface area contributed by atoms with E-state index in [0.29, 0.717) is 0 Å². The maximum atomic E-state index is 12.3. The minimum absolute atomic E-state index is 0.145. The normalized spacial score (nSPS) is 27.6. The van der Waals surface area contributed by atoms with Crippen molar-refractivity contribution in [2.75, 3.05) is 26.2 Å². The largest absolute Gasteiger partial charge is 0.363 e. The molecule has 3 aliphatic rings. The van der Waals surface area contributed by atoms with Gasteiger partial charge in [-0.15, -0.1) is 0 Å². The predicted octanol–water partition coefficient (Wildman–Crippen LogP) is 2.07. The van der Waals surface area contributed by atoms with E-state index < -0.39 is 0 Å². The summed E-state index contributed by atoms with van der Waals surface area (Å²) in [6, 6.07) is 4.32. The van der Waals surface area contributed by atoms with E-state index in [1.165, 1.54) is 18.4 Å². The molecule has 24 heavy (non-hydrogen) atoms. The Morgan fingerprint density at radius 1 is 1.33 bits per heavy atom. The van der Waals surface area contributed by atoms with Crippen LogP contribution in [0.1, 0.15) is 38.2 Å². The average Bonchev–Trinajstić information content (AvgIpc) is 3.42. The highest BCUT2D eigenvalue weighted by Gasteiger charge is 2.48. The van der Waals surface area contributed by atoms with Crippen LogP contribution in [0.5, 0.6) is 0 Å². The third-order valence-electron chi connectivity index (χ3n) is 6.02. The van der Waals surface area contributed by atoms with Crippen LogP contribution >= 0.6 is 0 Å². The van der Waals surface area contributed by atoms with Gasteiger partial charge < -0.3 is 9.64 Å². The van der Waals surface area contributed by atoms with Gasteiger partial charge in [-0.3, -0.25) is 14.7 Å². The second-order valence-electron chi connectivity index (χ2n) is 7.66. The number of likely N-dealkylation sites (tertiary alicyclic amines) is 1. The smallest absolute Gasteiger partial charge is 0.248 e. The van der Waals surface area contributed by atoms with Crippen LogP contribution in [0.4, 0.5) is 0 Å². The average molecular weight is 329 g/mol. The molecule has 1 aromatic rings. The van der Waals surface area contributed by atoms with Gasteiger partial charge in [0, 0.05) is 38.6 Å². The number of morpholine rings is 1. The molecule has 4 rings (SSSR count). The molecule has 3 heterocycles. The molecule has 3 fully saturated rings. The van der Waals surface area contributed by atoms with Gasteiger partial charge in [-0.05, 0) is 50.2 Å². The molecular formula is C19H27N3O2. The molecule has 1 aromatic heterocycles. The summed E-state index contributed by atoms with van der Waals surface area (Å²) < 4.78 is 6.13. The van der Waals surface area contributed by atoms with Crippen LogP contribution in [0.25, 0.3) is 0 Å². The zero-order chi connectivity index (χ0) is 16.6. The predicted molar refractivity (Wildman–Crippen MR) is 91.3 cm³/mol. The van der Waals surface area contributed by atoms with E-state index >= 15 is 0 Å². The molecule has 2 saturated heterocycles. The number of nitrogens with zero attached hydrogens (tertiary/aromatic N) is 3. The first kappa shape index (κ1) is 16.0. The van der Waals surface area contributed by atoms with E-state index in [-0.39, 0.29) is 24.2 Å². The lowest BCUT2D eigenvalue weighted by Gasteiger charge is -2.51. The van der Waals surface area contributed by atoms with Crippen LogP contribution in [0.3, 0.4) is 0 Å². The number of piperidine rings is 1. The molecule has 1 amide bonds. The highest BCUT2D eigenvalue weighted by Crippen LogP contribution is 2.38. The molecule has 1 spiro atoms. The molecule has 0 aromatic carbocycles. The van der Waals surface area contributed by atoms with E-state index in [1.54, 1.807) is 0 Å². The van der Waals surface area contributed by atoms with Crippen LogP contribution in [-0.4, -0.2) is 58.6 Å². The number of hydrogen-bond donors (Lipinski definition) is 0. The van der Waals surface area contributed by atoms with Gasteiger partial charge in [-0.25, -0.2) is 0 Å². The highest BCUT2D eigenvalue weighted by atomic mass is 16.5. The zero-order valence-corrected chi connectivity index (χ0v) is 14.5. The lowest BCUT2D eigenvalue weighted by atomic mass is 9.82. The topological polar surface area (TPSA) is 45.7 Å². The number of pyridine rings is 1. The number of ether oxygens (including phenoxy) is 1. The standard InChI is InChI=1S/C19H27N3O2/c1-15-19(24-14-18(23)22(15)13-16-4-5-16)6-9-21(10-7-19)12-17-3-2-8-20-11-17/h2-3,8,11,15-16H,4-7,9-10,12-14H2,1H3/t15-/m0/s1. The van der Waals surface area contributed by atoms with Gasteiger partial charge in [-0.2, -0.15) is 0 Å². The maximum absolute atomic E-state index is 12.3. The minimum Gasteiger partial charge on any atom is -0.363 e. The van der Waals surface area contributed by atoms with Gasteiger partial charge in [-0.1, -0.05) is 6.07 Å². The maximum Gasteiger partial charge on any atom is 0.248 e. The van der Waals surface area contributed by atoms with Gasteiger partial charge in [0.1, 0.15) is 6.61 Å². The fourth-order valence-electron chi connectivity index (χ4n) is 4.15. The Hall–Kier alpha value is -1.46. The van der Waals surface area contributed by atoms with Crippen LogP contribution in [0.2, 0.25) is 0 Å². The van der Waals surface area contributed by atoms with Gasteiger partial charge in [0.15, 0.2) is 0 Å². The third-order valence-corrected chi connectivity index (χ3v) is 6.02. The highest BCUT2D eigenvalue weighted by molar-refractivity contribution is 5.78. The van der Waals surface area contributed by atoms with Gasteiger partial charge >= 0.3 is 0 Å². The molecule has 0 radical (unpaired) electrons. The number of hydrogen-bond acceptors (Lipinski definition) is 4. The molecule has 1 saturated carbocycles. The Labute approximate surface area is 144 Å². The monoisotopic (exact) mass is 329 g/mol. The molecule has 2 aliphatic heterocycles. The Kier molecular flexibility index (Phi) is 4.31. The van der Waals surface area contributed by atoms with Gasteiger partial charge in [0.05, 0.1) is 11.6 Å². The van der Waals surface area contributed by atoms with Crippen molar-refractivity contribution in [1.29, 1.82) is 0 Å². The first-order chi connectivity index (χ1) is 11.7. The summed E-state index contributed by atoms with van der Waals surface area (Å²) in [7, 11) is 0. The van der Waals surface area contributed by atoms with Crippen molar-refractivity contribution in [3.05, 3.63) is 30.1 Å². The summed E-state index contributed by atoms with van der Waals surface area (Å²) in [6.07, 6.45) is 8.33. The lowest BCUT2D eigenvalue weighted by Crippen LogP contribution is -2.64. The Balaban J connectivity index is 1.38. The molecule has 5 nitrogen and oxygen atoms in total. The Morgan fingerprint density at radius 2 is 2.12 bits per heavy atom. The number of amides is 1. The molecule has 0 unspecified atom stereocenters. The number of carbonyl (C=O) groups is 1. The minimum atomic E-state index is -0.145. The van der Waals surface area contributed by atoms with E-state index in [0.717, 1.165) is 44.9 Å². The van der Waals surface area contributed by atoms with Crippen molar-refractivity contribution < 1.29 is 9.53 Å². The molecule has 1 aliphatic carbocycles. The number of rotatable bonds is 4. The van der Waals surface area contributed by atoms with Crippen LogP contribution in [-0.2, 0) is 16.1 Å². The van der Waals surface area contributed by atoms with Crippen LogP contribution in [0.15, 0.2) is 24.5 Å². The van der Waals surface area contributed by atoms with Crippen molar-refractivity contribution in [1.82, 2.24) is 14.8 Å². The summed E-state index contributed by atoms with van der Waals surface area (Å²) in [4.78, 5) is 21.1. The second-order valence-corrected chi connectivity index (χ2v) is 7.66. The molecule has 0 N–H and O–H groups in total. The summed E-state index contributed by atoms with van der Waals surface area (Å²) in [5, 5.41) is 0. The van der Waals surface area contributed by atoms with Crippen molar-refractivity contribution in [2.45, 2.75) is 50.8 Å². The molecular weight excluding hydrogens is 302 g/mol. The van der Waals surface area contributed by atoms with Crippen molar-refractivity contribution in [3.63, 3.8) is 0 Å². The quantitative estimate of drug-likeness (QED) is 0.848. The van der Waals surface area contributed by atoms with E-state index in [2.05, 4.69) is 27.8 Å².